The lowest BCUT2D eigenvalue weighted by Gasteiger charge is -2.17. The fourth-order valence-electron chi connectivity index (χ4n) is 3.27. The van der Waals surface area contributed by atoms with Crippen LogP contribution in [0.3, 0.4) is 0 Å². The molecule has 1 N–H and O–H groups in total. The van der Waals surface area contributed by atoms with Crippen molar-refractivity contribution in [2.45, 2.75) is 25.2 Å². The van der Waals surface area contributed by atoms with Gasteiger partial charge in [-0.1, -0.05) is 12.5 Å². The highest BCUT2D eigenvalue weighted by Crippen LogP contribution is 2.43. The molecule has 1 fully saturated rings. The molecule has 1 saturated carbocycles. The monoisotopic (exact) mass is 268 g/mol. The fraction of sp³-hybridized carbons (Fsp3) is 0.375. The average molecular weight is 268 g/mol. The quantitative estimate of drug-likeness (QED) is 0.665. The number of rotatable bonds is 2. The number of nitrogens with one attached hydrogen (secondary N) is 1. The Bertz CT molecular complexity index is 696. The molecule has 0 bridgehead atoms. The second-order valence-corrected chi connectivity index (χ2v) is 5.25. The van der Waals surface area contributed by atoms with Gasteiger partial charge in [0.1, 0.15) is 0 Å². The molecule has 0 spiro atoms. The Kier molecular flexibility index (Phi) is 3.19. The molecule has 1 aromatic heterocycles. The van der Waals surface area contributed by atoms with Crippen molar-refractivity contribution in [2.75, 3.05) is 7.11 Å². The van der Waals surface area contributed by atoms with Gasteiger partial charge in [0, 0.05) is 11.7 Å². The van der Waals surface area contributed by atoms with Crippen LogP contribution in [0.1, 0.15) is 30.7 Å². The SMILES string of the molecule is [C-]#[N+]c1ccc2[nH]cc([C@H]3CCC[C@@H]3C(=O)OC)c2c1. The number of fused-ring (bicyclic) bond motifs is 1. The van der Waals surface area contributed by atoms with Crippen molar-refractivity contribution in [3.8, 4) is 0 Å². The Labute approximate surface area is 117 Å². The summed E-state index contributed by atoms with van der Waals surface area (Å²) >= 11 is 0. The summed E-state index contributed by atoms with van der Waals surface area (Å²) in [6, 6.07) is 5.64. The molecule has 1 aliphatic carbocycles. The molecule has 2 aromatic rings. The van der Waals surface area contributed by atoms with E-state index in [1.54, 1.807) is 0 Å². The van der Waals surface area contributed by atoms with Gasteiger partial charge in [-0.3, -0.25) is 4.79 Å². The van der Waals surface area contributed by atoms with Crippen molar-refractivity contribution in [2.24, 2.45) is 5.92 Å². The van der Waals surface area contributed by atoms with Crippen molar-refractivity contribution < 1.29 is 9.53 Å². The van der Waals surface area contributed by atoms with Crippen LogP contribution >= 0.6 is 0 Å². The fourth-order valence-corrected chi connectivity index (χ4v) is 3.27. The number of benzene rings is 1. The lowest BCUT2D eigenvalue weighted by molar-refractivity contribution is -0.145. The number of nitrogens with zero attached hydrogens (tertiary/aromatic N) is 1. The zero-order valence-corrected chi connectivity index (χ0v) is 11.3. The van der Waals surface area contributed by atoms with E-state index in [0.29, 0.717) is 5.69 Å². The maximum Gasteiger partial charge on any atom is 0.309 e. The van der Waals surface area contributed by atoms with E-state index in [0.717, 1.165) is 35.7 Å². The van der Waals surface area contributed by atoms with Crippen molar-refractivity contribution in [3.05, 3.63) is 41.4 Å². The van der Waals surface area contributed by atoms with E-state index >= 15 is 0 Å². The molecule has 20 heavy (non-hydrogen) atoms. The van der Waals surface area contributed by atoms with E-state index in [9.17, 15) is 4.79 Å². The molecule has 1 aliphatic rings. The van der Waals surface area contributed by atoms with E-state index < -0.39 is 0 Å². The molecule has 0 saturated heterocycles. The highest BCUT2D eigenvalue weighted by molar-refractivity contribution is 5.88. The number of hydrogen-bond acceptors (Lipinski definition) is 2. The average Bonchev–Trinajstić information content (AvgIpc) is 3.11. The molecule has 0 aliphatic heterocycles. The summed E-state index contributed by atoms with van der Waals surface area (Å²) < 4.78 is 4.92. The summed E-state index contributed by atoms with van der Waals surface area (Å²) in [6.45, 7) is 7.13. The van der Waals surface area contributed by atoms with Gasteiger partial charge in [0.2, 0.25) is 0 Å². The minimum absolute atomic E-state index is 0.0596. The molecule has 4 nitrogen and oxygen atoms in total. The number of ether oxygens (including phenoxy) is 1. The molecular formula is C16H16N2O2. The van der Waals surface area contributed by atoms with Crippen LogP contribution in [0, 0.1) is 12.5 Å². The lowest BCUT2D eigenvalue weighted by Crippen LogP contribution is -2.18. The summed E-state index contributed by atoms with van der Waals surface area (Å²) in [4.78, 5) is 18.6. The maximum atomic E-state index is 11.9. The van der Waals surface area contributed by atoms with E-state index in [4.69, 9.17) is 11.3 Å². The zero-order chi connectivity index (χ0) is 14.1. The van der Waals surface area contributed by atoms with Gasteiger partial charge in [-0.25, -0.2) is 4.85 Å². The first kappa shape index (κ1) is 12.7. The Morgan fingerprint density at radius 1 is 1.45 bits per heavy atom. The number of aromatic amines is 1. The van der Waals surface area contributed by atoms with E-state index in [1.807, 2.05) is 24.4 Å². The summed E-state index contributed by atoms with van der Waals surface area (Å²) in [5, 5.41) is 1.05. The second kappa shape index (κ2) is 5.01. The van der Waals surface area contributed by atoms with Crippen LogP contribution in [0.25, 0.3) is 15.7 Å². The first-order valence-electron chi connectivity index (χ1n) is 6.81. The van der Waals surface area contributed by atoms with Crippen LogP contribution in [-0.2, 0) is 9.53 Å². The Morgan fingerprint density at radius 2 is 2.30 bits per heavy atom. The predicted octanol–water partition coefficient (Wildman–Crippen LogP) is 3.78. The van der Waals surface area contributed by atoms with Gasteiger partial charge in [0.25, 0.3) is 0 Å². The number of esters is 1. The van der Waals surface area contributed by atoms with Gasteiger partial charge >= 0.3 is 5.97 Å². The van der Waals surface area contributed by atoms with Crippen molar-refractivity contribution in [1.29, 1.82) is 0 Å². The third kappa shape index (κ3) is 1.96. The standard InChI is InChI=1S/C16H16N2O2/c1-17-10-6-7-15-13(8-10)14(9-18-15)11-4-3-5-12(11)16(19)20-2/h6-9,11-12,18H,3-5H2,2H3/t11-,12-/m0/s1. The van der Waals surface area contributed by atoms with E-state index in [2.05, 4.69) is 9.83 Å². The van der Waals surface area contributed by atoms with Crippen molar-refractivity contribution in [1.82, 2.24) is 4.98 Å². The van der Waals surface area contributed by atoms with Crippen LogP contribution in [0.5, 0.6) is 0 Å². The number of methoxy groups -OCH3 is 1. The Hall–Kier alpha value is -2.28. The van der Waals surface area contributed by atoms with Crippen LogP contribution in [0.15, 0.2) is 24.4 Å². The van der Waals surface area contributed by atoms with Gasteiger partial charge in [-0.05, 0) is 41.8 Å². The summed E-state index contributed by atoms with van der Waals surface area (Å²) in [5.41, 5.74) is 2.78. The topological polar surface area (TPSA) is 46.5 Å². The third-order valence-electron chi connectivity index (χ3n) is 4.25. The second-order valence-electron chi connectivity index (χ2n) is 5.25. The van der Waals surface area contributed by atoms with Crippen molar-refractivity contribution >= 4 is 22.6 Å². The molecule has 4 heteroatoms. The number of hydrogen-bond donors (Lipinski definition) is 1. The van der Waals surface area contributed by atoms with Gasteiger partial charge in [-0.2, -0.15) is 0 Å². The number of aromatic nitrogens is 1. The molecule has 0 unspecified atom stereocenters. The first-order valence-corrected chi connectivity index (χ1v) is 6.81. The maximum absolute atomic E-state index is 11.9. The van der Waals surface area contributed by atoms with Crippen LogP contribution in [0.2, 0.25) is 0 Å². The molecule has 102 valence electrons. The molecular weight excluding hydrogens is 252 g/mol. The molecule has 0 amide bonds. The Morgan fingerprint density at radius 3 is 3.05 bits per heavy atom. The minimum atomic E-state index is -0.122. The highest BCUT2D eigenvalue weighted by atomic mass is 16.5. The molecule has 0 radical (unpaired) electrons. The molecule has 1 aromatic carbocycles. The first-order chi connectivity index (χ1) is 9.74. The predicted molar refractivity (Wildman–Crippen MR) is 76.7 cm³/mol. The van der Waals surface area contributed by atoms with Crippen LogP contribution < -0.4 is 0 Å². The van der Waals surface area contributed by atoms with Crippen molar-refractivity contribution in [3.63, 3.8) is 0 Å². The highest BCUT2D eigenvalue weighted by Gasteiger charge is 2.35. The smallest absolute Gasteiger partial charge is 0.309 e. The summed E-state index contributed by atoms with van der Waals surface area (Å²) in [7, 11) is 1.45. The van der Waals surface area contributed by atoms with Gasteiger partial charge in [0.05, 0.1) is 19.6 Å². The Balaban J connectivity index is 2.05. The number of carbonyl (C=O) groups is 1. The van der Waals surface area contributed by atoms with Gasteiger partial charge in [-0.15, -0.1) is 0 Å². The largest absolute Gasteiger partial charge is 0.469 e. The minimum Gasteiger partial charge on any atom is -0.469 e. The van der Waals surface area contributed by atoms with Crippen LogP contribution in [0.4, 0.5) is 5.69 Å². The van der Waals surface area contributed by atoms with Gasteiger partial charge < -0.3 is 9.72 Å². The molecule has 2 atom stereocenters. The normalized spacial score (nSPS) is 21.8. The molecule has 3 rings (SSSR count). The lowest BCUT2D eigenvalue weighted by atomic mass is 9.88. The number of carbonyl (C=O) groups excluding carboxylic acids is 1. The number of H-pyrrole nitrogens is 1. The summed E-state index contributed by atoms with van der Waals surface area (Å²) in [5.74, 6) is 0.0102. The van der Waals surface area contributed by atoms with E-state index in [1.165, 1.54) is 7.11 Å². The van der Waals surface area contributed by atoms with Crippen LogP contribution in [-0.4, -0.2) is 18.1 Å². The third-order valence-corrected chi connectivity index (χ3v) is 4.25. The zero-order valence-electron chi connectivity index (χ0n) is 11.3. The molecule has 1 heterocycles. The van der Waals surface area contributed by atoms with Gasteiger partial charge in [0.15, 0.2) is 5.69 Å². The van der Waals surface area contributed by atoms with E-state index in [-0.39, 0.29) is 17.8 Å². The summed E-state index contributed by atoms with van der Waals surface area (Å²) in [6.07, 6.45) is 4.89.